The molecule has 136 valence electrons. The maximum atomic E-state index is 12.8. The third kappa shape index (κ3) is 3.58. The Balaban J connectivity index is 1.47. The topological polar surface area (TPSA) is 65.5 Å². The summed E-state index contributed by atoms with van der Waals surface area (Å²) in [5, 5.41) is 12.8. The van der Waals surface area contributed by atoms with Gasteiger partial charge in [0.1, 0.15) is 0 Å². The van der Waals surface area contributed by atoms with Crippen LogP contribution in [0.1, 0.15) is 47.8 Å². The Morgan fingerprint density at radius 3 is 2.46 bits per heavy atom. The molecular weight excluding hydrogens is 326 g/mol. The van der Waals surface area contributed by atoms with Gasteiger partial charge in [-0.15, -0.1) is 0 Å². The van der Waals surface area contributed by atoms with Crippen molar-refractivity contribution in [3.63, 3.8) is 0 Å². The second-order valence-corrected chi connectivity index (χ2v) is 7.33. The number of carbonyl (C=O) groups is 1. The van der Waals surface area contributed by atoms with Gasteiger partial charge in [-0.3, -0.25) is 9.78 Å². The molecule has 2 aliphatic rings. The lowest BCUT2D eigenvalue weighted by molar-refractivity contribution is 0.0228. The minimum Gasteiger partial charge on any atom is -0.393 e. The first-order valence-electron chi connectivity index (χ1n) is 9.45. The molecule has 2 fully saturated rings. The quantitative estimate of drug-likeness (QED) is 0.869. The van der Waals surface area contributed by atoms with Crippen molar-refractivity contribution in [1.29, 1.82) is 0 Å². The van der Waals surface area contributed by atoms with Gasteiger partial charge in [-0.05, 0) is 68.0 Å². The molecule has 1 aliphatic carbocycles. The van der Waals surface area contributed by atoms with Gasteiger partial charge in [-0.1, -0.05) is 6.07 Å². The molecule has 1 amide bonds. The normalized spacial score (nSPS) is 23.3. The van der Waals surface area contributed by atoms with E-state index in [9.17, 15) is 9.90 Å². The number of aliphatic hydroxyl groups is 1. The maximum absolute atomic E-state index is 12.8. The van der Waals surface area contributed by atoms with Gasteiger partial charge < -0.3 is 15.3 Å². The van der Waals surface area contributed by atoms with E-state index in [-0.39, 0.29) is 24.0 Å². The Hall–Kier alpha value is -2.40. The number of hydrogen-bond acceptors (Lipinski definition) is 4. The molecule has 2 aromatic rings. The average molecular weight is 351 g/mol. The van der Waals surface area contributed by atoms with E-state index in [0.29, 0.717) is 18.4 Å². The average Bonchev–Trinajstić information content (AvgIpc) is 3.19. The third-order valence-corrected chi connectivity index (χ3v) is 5.51. The minimum atomic E-state index is -0.261. The van der Waals surface area contributed by atoms with E-state index < -0.39 is 0 Å². The fourth-order valence-corrected chi connectivity index (χ4v) is 3.92. The molecule has 4 rings (SSSR count). The van der Waals surface area contributed by atoms with Crippen LogP contribution in [-0.4, -0.2) is 35.2 Å². The van der Waals surface area contributed by atoms with Crippen molar-refractivity contribution in [1.82, 2.24) is 10.3 Å². The molecule has 1 aromatic heterocycles. The molecule has 5 nitrogen and oxygen atoms in total. The van der Waals surface area contributed by atoms with Crippen LogP contribution in [0.15, 0.2) is 48.7 Å². The molecule has 1 saturated carbocycles. The first-order valence-corrected chi connectivity index (χ1v) is 9.45. The summed E-state index contributed by atoms with van der Waals surface area (Å²) in [5.74, 6) is 0.141. The lowest BCUT2D eigenvalue weighted by Crippen LogP contribution is -2.41. The highest BCUT2D eigenvalue weighted by Crippen LogP contribution is 2.37. The van der Waals surface area contributed by atoms with Gasteiger partial charge in [-0.2, -0.15) is 0 Å². The van der Waals surface area contributed by atoms with E-state index in [4.69, 9.17) is 0 Å². The van der Waals surface area contributed by atoms with Gasteiger partial charge in [0.2, 0.25) is 0 Å². The van der Waals surface area contributed by atoms with Crippen LogP contribution in [-0.2, 0) is 0 Å². The molecular formula is C21H25N3O2. The van der Waals surface area contributed by atoms with Gasteiger partial charge in [-0.25, -0.2) is 0 Å². The summed E-state index contributed by atoms with van der Waals surface area (Å²) in [4.78, 5) is 19.5. The minimum absolute atomic E-state index is 0.0879. The molecule has 2 heterocycles. The highest BCUT2D eigenvalue weighted by atomic mass is 16.3. The summed E-state index contributed by atoms with van der Waals surface area (Å²) in [5.41, 5.74) is 2.70. The van der Waals surface area contributed by atoms with Crippen molar-refractivity contribution in [3.8, 4) is 0 Å². The molecule has 26 heavy (non-hydrogen) atoms. The van der Waals surface area contributed by atoms with Crippen LogP contribution < -0.4 is 10.2 Å². The van der Waals surface area contributed by atoms with Crippen molar-refractivity contribution in [2.24, 2.45) is 5.92 Å². The first kappa shape index (κ1) is 17.0. The van der Waals surface area contributed by atoms with Crippen LogP contribution in [0.25, 0.3) is 0 Å². The number of carbonyl (C=O) groups excluding carboxylic acids is 1. The van der Waals surface area contributed by atoms with Crippen molar-refractivity contribution < 1.29 is 9.90 Å². The summed E-state index contributed by atoms with van der Waals surface area (Å²) in [7, 11) is 0. The number of amides is 1. The molecule has 1 aliphatic heterocycles. The molecule has 1 saturated heterocycles. The van der Waals surface area contributed by atoms with Crippen molar-refractivity contribution in [2.45, 2.75) is 37.8 Å². The van der Waals surface area contributed by atoms with E-state index in [1.807, 2.05) is 42.5 Å². The Kier molecular flexibility index (Phi) is 4.89. The largest absolute Gasteiger partial charge is 0.393 e. The Morgan fingerprint density at radius 1 is 1.12 bits per heavy atom. The molecule has 2 N–H and O–H groups in total. The molecule has 0 unspecified atom stereocenters. The number of nitrogens with zero attached hydrogens (tertiary/aromatic N) is 2. The fourth-order valence-electron chi connectivity index (χ4n) is 3.92. The van der Waals surface area contributed by atoms with E-state index in [0.717, 1.165) is 18.8 Å². The molecule has 5 heteroatoms. The third-order valence-electron chi connectivity index (χ3n) is 5.51. The Bertz CT molecular complexity index is 736. The summed E-state index contributed by atoms with van der Waals surface area (Å²) < 4.78 is 0. The van der Waals surface area contributed by atoms with E-state index >= 15 is 0 Å². The van der Waals surface area contributed by atoms with Crippen LogP contribution in [0.4, 0.5) is 5.69 Å². The first-order chi connectivity index (χ1) is 12.7. The smallest absolute Gasteiger partial charge is 0.251 e. The zero-order valence-electron chi connectivity index (χ0n) is 14.8. The Morgan fingerprint density at radius 2 is 1.85 bits per heavy atom. The number of aliphatic hydroxyl groups excluding tert-OH is 1. The monoisotopic (exact) mass is 351 g/mol. The summed E-state index contributed by atoms with van der Waals surface area (Å²) >= 11 is 0. The van der Waals surface area contributed by atoms with E-state index in [2.05, 4.69) is 15.2 Å². The summed E-state index contributed by atoms with van der Waals surface area (Å²) in [6, 6.07) is 13.4. The number of hydrogen-bond donors (Lipinski definition) is 2. The van der Waals surface area contributed by atoms with Crippen molar-refractivity contribution in [2.75, 3.05) is 18.0 Å². The van der Waals surface area contributed by atoms with Gasteiger partial charge >= 0.3 is 0 Å². The SMILES string of the molecule is O=C(N[C@H](c1ccccn1)C1CC(O)C1)c1ccc(N2CCCC2)cc1. The zero-order chi connectivity index (χ0) is 17.9. The van der Waals surface area contributed by atoms with Crippen LogP contribution in [0.3, 0.4) is 0 Å². The lowest BCUT2D eigenvalue weighted by Gasteiger charge is -2.37. The maximum Gasteiger partial charge on any atom is 0.251 e. The van der Waals surface area contributed by atoms with Gasteiger partial charge in [0.25, 0.3) is 5.91 Å². The number of rotatable bonds is 5. The molecule has 1 aromatic carbocycles. The summed E-state index contributed by atoms with van der Waals surface area (Å²) in [6.07, 6.45) is 5.37. The van der Waals surface area contributed by atoms with Crippen LogP contribution in [0.2, 0.25) is 0 Å². The van der Waals surface area contributed by atoms with Crippen LogP contribution in [0.5, 0.6) is 0 Å². The zero-order valence-corrected chi connectivity index (χ0v) is 14.8. The number of pyridine rings is 1. The number of aromatic nitrogens is 1. The fraction of sp³-hybridized carbons (Fsp3) is 0.429. The number of anilines is 1. The molecule has 0 radical (unpaired) electrons. The highest BCUT2D eigenvalue weighted by molar-refractivity contribution is 5.94. The summed E-state index contributed by atoms with van der Waals surface area (Å²) in [6.45, 7) is 2.19. The Labute approximate surface area is 154 Å². The van der Waals surface area contributed by atoms with Crippen LogP contribution in [0, 0.1) is 5.92 Å². The van der Waals surface area contributed by atoms with Gasteiger partial charge in [0.05, 0.1) is 17.8 Å². The predicted molar refractivity (Wildman–Crippen MR) is 101 cm³/mol. The highest BCUT2D eigenvalue weighted by Gasteiger charge is 2.36. The second kappa shape index (κ2) is 7.46. The number of nitrogens with one attached hydrogen (secondary N) is 1. The van der Waals surface area contributed by atoms with Gasteiger partial charge in [0, 0.05) is 30.5 Å². The molecule has 0 spiro atoms. The van der Waals surface area contributed by atoms with E-state index in [1.54, 1.807) is 6.20 Å². The standard InChI is InChI=1S/C21H25N3O2/c25-18-13-16(14-18)20(19-5-1-2-10-22-19)23-21(26)15-6-8-17(9-7-15)24-11-3-4-12-24/h1-2,5-10,16,18,20,25H,3-4,11-14H2,(H,23,26)/t16?,18?,20-/m0/s1. The van der Waals surface area contributed by atoms with Crippen molar-refractivity contribution in [3.05, 3.63) is 59.9 Å². The predicted octanol–water partition coefficient (Wildman–Crippen LogP) is 2.92. The van der Waals surface area contributed by atoms with Crippen LogP contribution >= 0.6 is 0 Å². The number of benzene rings is 1. The lowest BCUT2D eigenvalue weighted by atomic mass is 9.76. The molecule has 1 atom stereocenters. The van der Waals surface area contributed by atoms with Crippen molar-refractivity contribution >= 4 is 11.6 Å². The van der Waals surface area contributed by atoms with E-state index in [1.165, 1.54) is 18.5 Å². The second-order valence-electron chi connectivity index (χ2n) is 7.33. The van der Waals surface area contributed by atoms with Gasteiger partial charge in [0.15, 0.2) is 0 Å². The molecule has 0 bridgehead atoms.